The SMILES string of the molecule is CNc1cccc2nc(NC(=O)c3ccc(C(F)(F)F)cc3)nn12. The molecule has 0 saturated carbocycles. The number of nitrogens with one attached hydrogen (secondary N) is 2. The lowest BCUT2D eigenvalue weighted by Gasteiger charge is -2.07. The highest BCUT2D eigenvalue weighted by Crippen LogP contribution is 2.29. The van der Waals surface area contributed by atoms with Crippen LogP contribution in [0.2, 0.25) is 0 Å². The molecular formula is C15H12F3N5O. The molecule has 6 nitrogen and oxygen atoms in total. The predicted molar refractivity (Wildman–Crippen MR) is 81.9 cm³/mol. The second kappa shape index (κ2) is 5.84. The maximum Gasteiger partial charge on any atom is 0.416 e. The summed E-state index contributed by atoms with van der Waals surface area (Å²) in [6.07, 6.45) is -4.44. The number of carbonyl (C=O) groups is 1. The van der Waals surface area contributed by atoms with E-state index >= 15 is 0 Å². The van der Waals surface area contributed by atoms with Gasteiger partial charge in [0.2, 0.25) is 5.95 Å². The lowest BCUT2D eigenvalue weighted by molar-refractivity contribution is -0.137. The summed E-state index contributed by atoms with van der Waals surface area (Å²) in [6, 6.07) is 9.18. The molecule has 2 heterocycles. The van der Waals surface area contributed by atoms with Crippen molar-refractivity contribution in [2.45, 2.75) is 6.18 Å². The van der Waals surface area contributed by atoms with Crippen molar-refractivity contribution < 1.29 is 18.0 Å². The first-order valence-electron chi connectivity index (χ1n) is 6.90. The minimum Gasteiger partial charge on any atom is -0.373 e. The Labute approximate surface area is 134 Å². The van der Waals surface area contributed by atoms with Crippen molar-refractivity contribution in [3.8, 4) is 0 Å². The van der Waals surface area contributed by atoms with E-state index in [1.165, 1.54) is 4.52 Å². The zero-order valence-electron chi connectivity index (χ0n) is 12.4. The number of halogens is 3. The number of rotatable bonds is 3. The number of nitrogens with zero attached hydrogens (tertiary/aromatic N) is 3. The van der Waals surface area contributed by atoms with Crippen LogP contribution in [0.1, 0.15) is 15.9 Å². The van der Waals surface area contributed by atoms with Gasteiger partial charge < -0.3 is 5.32 Å². The van der Waals surface area contributed by atoms with E-state index in [1.807, 2.05) is 0 Å². The number of aromatic nitrogens is 3. The molecule has 0 aliphatic rings. The molecular weight excluding hydrogens is 323 g/mol. The molecule has 0 spiro atoms. The van der Waals surface area contributed by atoms with E-state index in [0.717, 1.165) is 24.3 Å². The number of alkyl halides is 3. The van der Waals surface area contributed by atoms with Crippen LogP contribution in [0.15, 0.2) is 42.5 Å². The van der Waals surface area contributed by atoms with E-state index in [1.54, 1.807) is 25.2 Å². The average molecular weight is 335 g/mol. The van der Waals surface area contributed by atoms with Crippen LogP contribution in [-0.4, -0.2) is 27.6 Å². The van der Waals surface area contributed by atoms with E-state index < -0.39 is 17.6 Å². The van der Waals surface area contributed by atoms with Crippen LogP contribution < -0.4 is 10.6 Å². The molecule has 24 heavy (non-hydrogen) atoms. The molecule has 0 aliphatic heterocycles. The normalized spacial score (nSPS) is 11.5. The van der Waals surface area contributed by atoms with E-state index in [0.29, 0.717) is 11.5 Å². The van der Waals surface area contributed by atoms with Crippen LogP contribution in [0.4, 0.5) is 24.9 Å². The number of benzene rings is 1. The first-order chi connectivity index (χ1) is 11.4. The Hall–Kier alpha value is -3.10. The van der Waals surface area contributed by atoms with Gasteiger partial charge in [-0.05, 0) is 36.4 Å². The number of carbonyl (C=O) groups excluding carboxylic acids is 1. The van der Waals surface area contributed by atoms with Crippen LogP contribution in [-0.2, 0) is 6.18 Å². The predicted octanol–water partition coefficient (Wildman–Crippen LogP) is 3.04. The number of amides is 1. The van der Waals surface area contributed by atoms with Crippen LogP contribution in [0.5, 0.6) is 0 Å². The lowest BCUT2D eigenvalue weighted by atomic mass is 10.1. The Bertz CT molecular complexity index is 886. The molecule has 9 heteroatoms. The molecule has 0 radical (unpaired) electrons. The zero-order valence-corrected chi connectivity index (χ0v) is 12.4. The van der Waals surface area contributed by atoms with Gasteiger partial charge in [0.05, 0.1) is 5.56 Å². The summed E-state index contributed by atoms with van der Waals surface area (Å²) >= 11 is 0. The van der Waals surface area contributed by atoms with Gasteiger partial charge in [-0.2, -0.15) is 22.7 Å². The van der Waals surface area contributed by atoms with Gasteiger partial charge >= 0.3 is 6.18 Å². The smallest absolute Gasteiger partial charge is 0.373 e. The molecule has 0 bridgehead atoms. The summed E-state index contributed by atoms with van der Waals surface area (Å²) < 4.78 is 39.1. The van der Waals surface area contributed by atoms with E-state index in [2.05, 4.69) is 20.7 Å². The summed E-state index contributed by atoms with van der Waals surface area (Å²) in [5.41, 5.74) is -0.219. The van der Waals surface area contributed by atoms with E-state index in [-0.39, 0.29) is 11.5 Å². The molecule has 0 aliphatic carbocycles. The molecule has 2 aromatic heterocycles. The standard InChI is InChI=1S/C15H12F3N5O/c1-19-11-3-2-4-12-20-14(22-23(11)12)21-13(24)9-5-7-10(8-6-9)15(16,17)18/h2-8,19H,1H3,(H,21,22,24). The van der Waals surface area contributed by atoms with E-state index in [4.69, 9.17) is 0 Å². The minimum absolute atomic E-state index is 0.0580. The average Bonchev–Trinajstić information content (AvgIpc) is 2.96. The second-order valence-corrected chi connectivity index (χ2v) is 4.90. The van der Waals surface area contributed by atoms with Crippen molar-refractivity contribution in [3.63, 3.8) is 0 Å². The molecule has 124 valence electrons. The van der Waals surface area contributed by atoms with Gasteiger partial charge in [-0.15, -0.1) is 5.10 Å². The molecule has 3 aromatic rings. The van der Waals surface area contributed by atoms with Crippen LogP contribution in [0.25, 0.3) is 5.65 Å². The Morgan fingerprint density at radius 2 is 1.83 bits per heavy atom. The zero-order chi connectivity index (χ0) is 17.3. The fourth-order valence-corrected chi connectivity index (χ4v) is 2.13. The number of pyridine rings is 1. The summed E-state index contributed by atoms with van der Waals surface area (Å²) in [4.78, 5) is 16.3. The molecule has 2 N–H and O–H groups in total. The minimum atomic E-state index is -4.44. The van der Waals surface area contributed by atoms with Gasteiger partial charge in [0.15, 0.2) is 5.65 Å². The summed E-state index contributed by atoms with van der Waals surface area (Å²) in [5, 5.41) is 9.53. The highest BCUT2D eigenvalue weighted by atomic mass is 19.4. The Morgan fingerprint density at radius 1 is 1.12 bits per heavy atom. The van der Waals surface area contributed by atoms with Crippen molar-refractivity contribution in [1.29, 1.82) is 0 Å². The van der Waals surface area contributed by atoms with Gasteiger partial charge in [-0.1, -0.05) is 6.07 Å². The monoisotopic (exact) mass is 335 g/mol. The van der Waals surface area contributed by atoms with Crippen LogP contribution in [0, 0.1) is 0 Å². The topological polar surface area (TPSA) is 71.3 Å². The first-order valence-corrected chi connectivity index (χ1v) is 6.90. The molecule has 0 saturated heterocycles. The Balaban J connectivity index is 1.82. The van der Waals surface area contributed by atoms with Crippen LogP contribution in [0.3, 0.4) is 0 Å². The number of fused-ring (bicyclic) bond motifs is 1. The third kappa shape index (κ3) is 3.00. The highest BCUT2D eigenvalue weighted by Gasteiger charge is 2.30. The third-order valence-electron chi connectivity index (χ3n) is 3.32. The van der Waals surface area contributed by atoms with Crippen molar-refractivity contribution in [2.75, 3.05) is 17.7 Å². The fourth-order valence-electron chi connectivity index (χ4n) is 2.13. The molecule has 3 rings (SSSR count). The summed E-state index contributed by atoms with van der Waals surface area (Å²) in [7, 11) is 1.72. The van der Waals surface area contributed by atoms with Gasteiger partial charge in [-0.3, -0.25) is 10.1 Å². The Morgan fingerprint density at radius 3 is 2.46 bits per heavy atom. The molecule has 0 atom stereocenters. The first kappa shape index (κ1) is 15.8. The maximum atomic E-state index is 12.5. The number of anilines is 2. The van der Waals surface area contributed by atoms with Gasteiger partial charge in [0.25, 0.3) is 5.91 Å². The highest BCUT2D eigenvalue weighted by molar-refractivity contribution is 6.03. The summed E-state index contributed by atoms with van der Waals surface area (Å²) in [6.45, 7) is 0. The molecule has 0 fully saturated rings. The summed E-state index contributed by atoms with van der Waals surface area (Å²) in [5.74, 6) is 0.142. The number of hydrogen-bond acceptors (Lipinski definition) is 4. The van der Waals surface area contributed by atoms with Crippen molar-refractivity contribution >= 4 is 23.3 Å². The number of hydrogen-bond donors (Lipinski definition) is 2. The van der Waals surface area contributed by atoms with Gasteiger partial charge in [0, 0.05) is 12.6 Å². The largest absolute Gasteiger partial charge is 0.416 e. The van der Waals surface area contributed by atoms with Gasteiger partial charge in [-0.25, -0.2) is 0 Å². The van der Waals surface area contributed by atoms with Crippen molar-refractivity contribution in [1.82, 2.24) is 14.6 Å². The van der Waals surface area contributed by atoms with Crippen molar-refractivity contribution in [3.05, 3.63) is 53.6 Å². The quantitative estimate of drug-likeness (QED) is 0.772. The van der Waals surface area contributed by atoms with Crippen molar-refractivity contribution in [2.24, 2.45) is 0 Å². The third-order valence-corrected chi connectivity index (χ3v) is 3.32. The van der Waals surface area contributed by atoms with E-state index in [9.17, 15) is 18.0 Å². The fraction of sp³-hybridized carbons (Fsp3) is 0.133. The Kier molecular flexibility index (Phi) is 3.84. The second-order valence-electron chi connectivity index (χ2n) is 4.90. The molecule has 1 aromatic carbocycles. The van der Waals surface area contributed by atoms with Gasteiger partial charge in [0.1, 0.15) is 5.82 Å². The lowest BCUT2D eigenvalue weighted by Crippen LogP contribution is -2.14. The molecule has 1 amide bonds. The van der Waals surface area contributed by atoms with Crippen LogP contribution >= 0.6 is 0 Å². The molecule has 0 unspecified atom stereocenters. The maximum absolute atomic E-state index is 12.5.